The predicted molar refractivity (Wildman–Crippen MR) is 115 cm³/mol. The number of benzene rings is 2. The summed E-state index contributed by atoms with van der Waals surface area (Å²) in [6.45, 7) is 10.2. The van der Waals surface area contributed by atoms with Crippen LogP contribution in [-0.2, 0) is 25.4 Å². The first-order chi connectivity index (χ1) is 13.6. The Morgan fingerprint density at radius 1 is 1.03 bits per heavy atom. The molecule has 6 heteroatoms. The third-order valence-corrected chi connectivity index (χ3v) is 6.00. The minimum atomic E-state index is -0.757. The number of rotatable bonds is 6. The number of carbonyl (C=O) groups excluding carboxylic acids is 1. The van der Waals surface area contributed by atoms with Gasteiger partial charge in [-0.05, 0) is 44.3 Å². The van der Waals surface area contributed by atoms with Gasteiger partial charge in [-0.15, -0.1) is 0 Å². The van der Waals surface area contributed by atoms with E-state index >= 15 is 0 Å². The zero-order valence-electron chi connectivity index (χ0n) is 17.8. The predicted octanol–water partition coefficient (Wildman–Crippen LogP) is 3.16. The summed E-state index contributed by atoms with van der Waals surface area (Å²) in [6, 6.07) is 16.7. The van der Waals surface area contributed by atoms with E-state index in [1.54, 1.807) is 0 Å². The van der Waals surface area contributed by atoms with Gasteiger partial charge >= 0.3 is 13.1 Å². The third-order valence-electron chi connectivity index (χ3n) is 6.00. The average molecular weight is 395 g/mol. The normalized spacial score (nSPS) is 19.6. The van der Waals surface area contributed by atoms with Gasteiger partial charge in [-0.1, -0.05) is 61.5 Å². The maximum absolute atomic E-state index is 12.4. The highest BCUT2D eigenvalue weighted by Crippen LogP contribution is 2.36. The van der Waals surface area contributed by atoms with Crippen molar-refractivity contribution in [1.82, 2.24) is 0 Å². The molecule has 0 radical (unpaired) electrons. The molecule has 2 N–H and O–H groups in total. The molecule has 0 aliphatic carbocycles. The van der Waals surface area contributed by atoms with Crippen molar-refractivity contribution in [1.29, 1.82) is 0 Å². The van der Waals surface area contributed by atoms with Gasteiger partial charge in [0, 0.05) is 5.92 Å². The van der Waals surface area contributed by atoms with E-state index < -0.39 is 30.3 Å². The number of hydrogen-bond acceptors (Lipinski definition) is 5. The SMILES string of the molecule is C[C@@H](c1cccc(B2OC(C)(C)C(C)(C)O2)c1)[C@H](N)C(=O)OCc1ccccc1. The summed E-state index contributed by atoms with van der Waals surface area (Å²) >= 11 is 0. The molecule has 1 fully saturated rings. The maximum Gasteiger partial charge on any atom is 0.494 e. The van der Waals surface area contributed by atoms with Gasteiger partial charge < -0.3 is 19.8 Å². The standard InChI is InChI=1S/C23H30BNO4/c1-16(20(25)21(26)27-15-17-10-7-6-8-11-17)18-12-9-13-19(14-18)24-28-22(2,3)23(4,5)29-24/h6-14,16,20H,15,25H2,1-5H3/t16-,20-/m0/s1. The topological polar surface area (TPSA) is 70.8 Å². The zero-order chi connectivity index (χ0) is 21.2. The Bertz CT molecular complexity index is 837. The molecule has 2 atom stereocenters. The van der Waals surface area contributed by atoms with Gasteiger partial charge in [0.1, 0.15) is 12.6 Å². The molecule has 154 valence electrons. The smallest absolute Gasteiger partial charge is 0.460 e. The van der Waals surface area contributed by atoms with Crippen LogP contribution in [0.2, 0.25) is 0 Å². The monoisotopic (exact) mass is 395 g/mol. The molecule has 2 aromatic carbocycles. The molecule has 2 aromatic rings. The highest BCUT2D eigenvalue weighted by atomic mass is 16.7. The van der Waals surface area contributed by atoms with Crippen LogP contribution in [0.1, 0.15) is 51.7 Å². The minimum Gasteiger partial charge on any atom is -0.460 e. The van der Waals surface area contributed by atoms with E-state index in [1.165, 1.54) is 0 Å². The molecule has 3 rings (SSSR count). The molecule has 1 aliphatic rings. The largest absolute Gasteiger partial charge is 0.494 e. The van der Waals surface area contributed by atoms with Crippen LogP contribution in [0.15, 0.2) is 54.6 Å². The molecule has 0 saturated carbocycles. The molecule has 29 heavy (non-hydrogen) atoms. The summed E-state index contributed by atoms with van der Waals surface area (Å²) in [5.41, 5.74) is 8.19. The Morgan fingerprint density at radius 3 is 2.28 bits per heavy atom. The lowest BCUT2D eigenvalue weighted by Crippen LogP contribution is -2.41. The first kappa shape index (κ1) is 21.6. The van der Waals surface area contributed by atoms with E-state index in [4.69, 9.17) is 19.8 Å². The van der Waals surface area contributed by atoms with Gasteiger partial charge in [-0.3, -0.25) is 4.79 Å². The van der Waals surface area contributed by atoms with E-state index in [0.717, 1.165) is 16.6 Å². The van der Waals surface area contributed by atoms with Gasteiger partial charge in [0.2, 0.25) is 0 Å². The Hall–Kier alpha value is -2.15. The molecule has 5 nitrogen and oxygen atoms in total. The minimum absolute atomic E-state index is 0.208. The molecular formula is C23H30BNO4. The highest BCUT2D eigenvalue weighted by molar-refractivity contribution is 6.62. The van der Waals surface area contributed by atoms with Gasteiger partial charge in [0.15, 0.2) is 0 Å². The van der Waals surface area contributed by atoms with Crippen molar-refractivity contribution in [3.63, 3.8) is 0 Å². The number of ether oxygens (including phenoxy) is 1. The Kier molecular flexibility index (Phi) is 6.17. The van der Waals surface area contributed by atoms with Crippen LogP contribution in [0.3, 0.4) is 0 Å². The van der Waals surface area contributed by atoms with Crippen molar-refractivity contribution in [2.45, 2.75) is 64.4 Å². The van der Waals surface area contributed by atoms with E-state index in [9.17, 15) is 4.79 Å². The molecule has 1 saturated heterocycles. The third kappa shape index (κ3) is 4.72. The van der Waals surface area contributed by atoms with Crippen LogP contribution in [0.25, 0.3) is 0 Å². The molecule has 0 unspecified atom stereocenters. The number of esters is 1. The summed E-state index contributed by atoms with van der Waals surface area (Å²) in [4.78, 5) is 12.4. The van der Waals surface area contributed by atoms with Crippen LogP contribution in [0, 0.1) is 0 Å². The van der Waals surface area contributed by atoms with E-state index in [2.05, 4.69) is 0 Å². The van der Waals surface area contributed by atoms with E-state index in [-0.39, 0.29) is 12.5 Å². The van der Waals surface area contributed by atoms with Gasteiger partial charge in [-0.25, -0.2) is 0 Å². The molecule has 0 spiro atoms. The van der Waals surface area contributed by atoms with Crippen LogP contribution < -0.4 is 11.2 Å². The lowest BCUT2D eigenvalue weighted by molar-refractivity contribution is -0.147. The quantitative estimate of drug-likeness (QED) is 0.601. The molecular weight excluding hydrogens is 365 g/mol. The van der Waals surface area contributed by atoms with E-state index in [0.29, 0.717) is 0 Å². The van der Waals surface area contributed by atoms with Crippen LogP contribution in [-0.4, -0.2) is 30.3 Å². The van der Waals surface area contributed by atoms with Gasteiger partial charge in [-0.2, -0.15) is 0 Å². The first-order valence-electron chi connectivity index (χ1n) is 10.0. The summed E-state index contributed by atoms with van der Waals surface area (Å²) in [5, 5.41) is 0. The number of carbonyl (C=O) groups is 1. The Morgan fingerprint density at radius 2 is 1.66 bits per heavy atom. The summed E-state index contributed by atoms with van der Waals surface area (Å²) < 4.78 is 17.7. The number of nitrogens with two attached hydrogens (primary N) is 1. The fraction of sp³-hybridized carbons (Fsp3) is 0.435. The van der Waals surface area contributed by atoms with Crippen LogP contribution in [0.4, 0.5) is 0 Å². The summed E-state index contributed by atoms with van der Waals surface area (Å²) in [7, 11) is -0.451. The maximum atomic E-state index is 12.4. The van der Waals surface area contributed by atoms with Crippen molar-refractivity contribution in [2.24, 2.45) is 5.73 Å². The lowest BCUT2D eigenvalue weighted by Gasteiger charge is -2.32. The second-order valence-electron chi connectivity index (χ2n) is 8.67. The fourth-order valence-corrected chi connectivity index (χ4v) is 3.20. The summed E-state index contributed by atoms with van der Waals surface area (Å²) in [5.74, 6) is -0.622. The first-order valence-corrected chi connectivity index (χ1v) is 10.0. The molecule has 1 heterocycles. The van der Waals surface area contributed by atoms with Crippen LogP contribution >= 0.6 is 0 Å². The molecule has 1 aliphatic heterocycles. The Labute approximate surface area is 173 Å². The van der Waals surface area contributed by atoms with Crippen molar-refractivity contribution in [3.05, 3.63) is 65.7 Å². The number of hydrogen-bond donors (Lipinski definition) is 1. The van der Waals surface area contributed by atoms with Crippen molar-refractivity contribution >= 4 is 18.6 Å². The van der Waals surface area contributed by atoms with E-state index in [1.807, 2.05) is 89.2 Å². The second kappa shape index (κ2) is 8.30. The summed E-state index contributed by atoms with van der Waals surface area (Å²) in [6.07, 6.45) is 0. The average Bonchev–Trinajstić information content (AvgIpc) is 2.93. The van der Waals surface area contributed by atoms with Crippen molar-refractivity contribution in [3.8, 4) is 0 Å². The highest BCUT2D eigenvalue weighted by Gasteiger charge is 2.51. The van der Waals surface area contributed by atoms with Crippen molar-refractivity contribution in [2.75, 3.05) is 0 Å². The molecule has 0 bridgehead atoms. The molecule has 0 amide bonds. The second-order valence-corrected chi connectivity index (χ2v) is 8.67. The molecule has 0 aromatic heterocycles. The Balaban J connectivity index is 1.67. The van der Waals surface area contributed by atoms with Crippen LogP contribution in [0.5, 0.6) is 0 Å². The van der Waals surface area contributed by atoms with Gasteiger partial charge in [0.25, 0.3) is 0 Å². The lowest BCUT2D eigenvalue weighted by atomic mass is 9.77. The van der Waals surface area contributed by atoms with Crippen molar-refractivity contribution < 1.29 is 18.8 Å². The zero-order valence-corrected chi connectivity index (χ0v) is 17.8. The van der Waals surface area contributed by atoms with Gasteiger partial charge in [0.05, 0.1) is 11.2 Å². The fourth-order valence-electron chi connectivity index (χ4n) is 3.20.